The molecular formula is C31H27F3N4O3. The van der Waals surface area contributed by atoms with Gasteiger partial charge in [0.1, 0.15) is 5.82 Å². The average Bonchev–Trinajstić information content (AvgIpc) is 3.81. The van der Waals surface area contributed by atoms with E-state index in [-0.39, 0.29) is 24.2 Å². The minimum atomic E-state index is -4.60. The van der Waals surface area contributed by atoms with Crippen LogP contribution in [0.5, 0.6) is 0 Å². The molecule has 1 fully saturated rings. The Labute approximate surface area is 233 Å². The van der Waals surface area contributed by atoms with Crippen LogP contribution < -0.4 is 5.56 Å². The van der Waals surface area contributed by atoms with E-state index in [0.29, 0.717) is 29.9 Å². The molecule has 2 aromatic heterocycles. The number of pyridine rings is 1. The van der Waals surface area contributed by atoms with Crippen LogP contribution in [0.4, 0.5) is 13.2 Å². The predicted octanol–water partition coefficient (Wildman–Crippen LogP) is 4.94. The van der Waals surface area contributed by atoms with E-state index in [1.807, 2.05) is 30.3 Å². The van der Waals surface area contributed by atoms with Crippen LogP contribution in [0.2, 0.25) is 0 Å². The zero-order valence-corrected chi connectivity index (χ0v) is 22.0. The Kier molecular flexibility index (Phi) is 6.73. The summed E-state index contributed by atoms with van der Waals surface area (Å²) < 4.78 is 39.5. The summed E-state index contributed by atoms with van der Waals surface area (Å²) >= 11 is 0. The summed E-state index contributed by atoms with van der Waals surface area (Å²) in [6, 6.07) is 16.1. The molecule has 6 rings (SSSR count). The Morgan fingerprint density at radius 1 is 1.05 bits per heavy atom. The van der Waals surface area contributed by atoms with E-state index < -0.39 is 29.2 Å². The van der Waals surface area contributed by atoms with Crippen molar-refractivity contribution in [1.29, 1.82) is 0 Å². The summed E-state index contributed by atoms with van der Waals surface area (Å²) in [5, 5.41) is 10.7. The number of alkyl halides is 3. The third kappa shape index (κ3) is 5.15. The number of hydrogen-bond donors (Lipinski definition) is 2. The maximum absolute atomic E-state index is 13.4. The Hall–Kier alpha value is -4.31. The van der Waals surface area contributed by atoms with Gasteiger partial charge in [-0.1, -0.05) is 42.5 Å². The molecule has 210 valence electrons. The Balaban J connectivity index is 1.26. The summed E-state index contributed by atoms with van der Waals surface area (Å²) in [5.74, 6) is -0.167. The van der Waals surface area contributed by atoms with E-state index in [0.717, 1.165) is 47.7 Å². The zero-order valence-electron chi connectivity index (χ0n) is 22.0. The number of carbonyl (C=O) groups is 1. The van der Waals surface area contributed by atoms with Crippen LogP contribution in [0.15, 0.2) is 77.9 Å². The first-order chi connectivity index (χ1) is 19.7. The van der Waals surface area contributed by atoms with Crippen LogP contribution >= 0.6 is 0 Å². The van der Waals surface area contributed by atoms with Crippen molar-refractivity contribution in [1.82, 2.24) is 19.9 Å². The van der Waals surface area contributed by atoms with Gasteiger partial charge in [-0.15, -0.1) is 0 Å². The number of carbonyl (C=O) groups excluding carboxylic acids is 1. The summed E-state index contributed by atoms with van der Waals surface area (Å²) in [6.45, 7) is 0.147. The monoisotopic (exact) mass is 560 g/mol. The van der Waals surface area contributed by atoms with Crippen LogP contribution in [0.1, 0.15) is 59.1 Å². The van der Waals surface area contributed by atoms with Crippen molar-refractivity contribution in [3.8, 4) is 11.1 Å². The minimum Gasteiger partial charge on any atom is -0.378 e. The van der Waals surface area contributed by atoms with Gasteiger partial charge in [0.15, 0.2) is 6.10 Å². The molecule has 1 aliphatic carbocycles. The van der Waals surface area contributed by atoms with Crippen molar-refractivity contribution in [3.63, 3.8) is 0 Å². The molecule has 1 unspecified atom stereocenters. The van der Waals surface area contributed by atoms with E-state index in [9.17, 15) is 27.9 Å². The molecule has 1 aliphatic heterocycles. The second-order valence-corrected chi connectivity index (χ2v) is 10.6. The van der Waals surface area contributed by atoms with Crippen LogP contribution in [-0.4, -0.2) is 37.4 Å². The SMILES string of the molecule is O=C(C(O)c1cccc(C(F)(F)F)c1)N1CCCc2nc(C3(c4cccc(-c5cccnc5)c4)CC3)[nH]c(=O)c2C1. The lowest BCUT2D eigenvalue weighted by atomic mass is 9.92. The van der Waals surface area contributed by atoms with Crippen molar-refractivity contribution < 1.29 is 23.1 Å². The maximum Gasteiger partial charge on any atom is 0.416 e. The fraction of sp³-hybridized carbons (Fsp3) is 0.290. The van der Waals surface area contributed by atoms with Crippen LogP contribution in [0.25, 0.3) is 11.1 Å². The van der Waals surface area contributed by atoms with Gasteiger partial charge in [0.2, 0.25) is 0 Å². The van der Waals surface area contributed by atoms with Crippen molar-refractivity contribution in [3.05, 3.63) is 117 Å². The number of aromatic amines is 1. The van der Waals surface area contributed by atoms with E-state index in [1.54, 1.807) is 12.4 Å². The molecule has 4 aromatic rings. The molecule has 1 atom stereocenters. The van der Waals surface area contributed by atoms with Gasteiger partial charge in [0.05, 0.1) is 28.8 Å². The number of H-pyrrole nitrogens is 1. The highest BCUT2D eigenvalue weighted by Crippen LogP contribution is 2.52. The van der Waals surface area contributed by atoms with Gasteiger partial charge in [-0.25, -0.2) is 4.98 Å². The van der Waals surface area contributed by atoms with Gasteiger partial charge < -0.3 is 15.0 Å². The number of rotatable bonds is 5. The Morgan fingerprint density at radius 3 is 2.56 bits per heavy atom. The molecule has 0 radical (unpaired) electrons. The maximum atomic E-state index is 13.4. The predicted molar refractivity (Wildman–Crippen MR) is 145 cm³/mol. The summed E-state index contributed by atoms with van der Waals surface area (Å²) in [6.07, 6.45) is -0.242. The van der Waals surface area contributed by atoms with Crippen molar-refractivity contribution in [2.75, 3.05) is 6.54 Å². The molecular weight excluding hydrogens is 533 g/mol. The fourth-order valence-electron chi connectivity index (χ4n) is 5.55. The van der Waals surface area contributed by atoms with Crippen molar-refractivity contribution in [2.24, 2.45) is 0 Å². The molecule has 1 saturated carbocycles. The highest BCUT2D eigenvalue weighted by atomic mass is 19.4. The molecule has 0 saturated heterocycles. The van der Waals surface area contributed by atoms with Crippen LogP contribution in [-0.2, 0) is 29.4 Å². The van der Waals surface area contributed by atoms with E-state index in [1.165, 1.54) is 11.0 Å². The van der Waals surface area contributed by atoms with Gasteiger partial charge in [0, 0.05) is 18.9 Å². The molecule has 10 heteroatoms. The van der Waals surface area contributed by atoms with E-state index in [4.69, 9.17) is 4.98 Å². The smallest absolute Gasteiger partial charge is 0.378 e. The first kappa shape index (κ1) is 26.9. The van der Waals surface area contributed by atoms with Gasteiger partial charge in [-0.2, -0.15) is 13.2 Å². The number of aryl methyl sites for hydroxylation is 1. The average molecular weight is 561 g/mol. The number of aliphatic hydroxyl groups is 1. The normalized spacial score (nSPS) is 16.9. The standard InChI is InChI=1S/C31H27F3N4O3/c32-31(33,34)23-9-2-6-20(16-23)26(39)28(41)38-14-4-10-25-24(18-38)27(40)37-29(36-25)30(11-12-30)22-8-1-5-19(15-22)21-7-3-13-35-17-21/h1-3,5-9,13,15-17,26,39H,4,10-12,14,18H2,(H,36,37,40). The second-order valence-electron chi connectivity index (χ2n) is 10.6. The van der Waals surface area contributed by atoms with Crippen LogP contribution in [0, 0.1) is 0 Å². The first-order valence-corrected chi connectivity index (χ1v) is 13.4. The summed E-state index contributed by atoms with van der Waals surface area (Å²) in [7, 11) is 0. The lowest BCUT2D eigenvalue weighted by Crippen LogP contribution is -2.36. The van der Waals surface area contributed by atoms with Crippen molar-refractivity contribution in [2.45, 2.75) is 49.9 Å². The van der Waals surface area contributed by atoms with E-state index >= 15 is 0 Å². The van der Waals surface area contributed by atoms with Crippen LogP contribution in [0.3, 0.4) is 0 Å². The Bertz CT molecular complexity index is 1670. The number of benzene rings is 2. The molecule has 0 bridgehead atoms. The second kappa shape index (κ2) is 10.3. The molecule has 41 heavy (non-hydrogen) atoms. The number of nitrogens with one attached hydrogen (secondary N) is 1. The largest absolute Gasteiger partial charge is 0.416 e. The molecule has 1 amide bonds. The number of hydrogen-bond acceptors (Lipinski definition) is 5. The highest BCUT2D eigenvalue weighted by molar-refractivity contribution is 5.82. The van der Waals surface area contributed by atoms with Gasteiger partial charge in [-0.3, -0.25) is 14.6 Å². The number of aliphatic hydroxyl groups excluding tert-OH is 1. The number of halogens is 3. The van der Waals surface area contributed by atoms with Gasteiger partial charge in [0.25, 0.3) is 11.5 Å². The zero-order chi connectivity index (χ0) is 28.8. The molecule has 7 nitrogen and oxygen atoms in total. The lowest BCUT2D eigenvalue weighted by molar-refractivity contribution is -0.142. The summed E-state index contributed by atoms with van der Waals surface area (Å²) in [5.41, 5.74) is 2.13. The number of amides is 1. The third-order valence-electron chi connectivity index (χ3n) is 7.98. The van der Waals surface area contributed by atoms with Gasteiger partial charge >= 0.3 is 6.18 Å². The number of aromatic nitrogens is 3. The summed E-state index contributed by atoms with van der Waals surface area (Å²) in [4.78, 5) is 39.9. The number of fused-ring (bicyclic) bond motifs is 1. The Morgan fingerprint density at radius 2 is 1.83 bits per heavy atom. The third-order valence-corrected chi connectivity index (χ3v) is 7.98. The molecule has 2 N–H and O–H groups in total. The number of nitrogens with zero attached hydrogens (tertiary/aromatic N) is 3. The van der Waals surface area contributed by atoms with Crippen molar-refractivity contribution >= 4 is 5.91 Å². The molecule has 3 heterocycles. The minimum absolute atomic E-state index is 0.0870. The fourth-order valence-corrected chi connectivity index (χ4v) is 5.55. The molecule has 2 aromatic carbocycles. The lowest BCUT2D eigenvalue weighted by Gasteiger charge is -2.24. The molecule has 0 spiro atoms. The molecule has 2 aliphatic rings. The topological polar surface area (TPSA) is 99.2 Å². The first-order valence-electron chi connectivity index (χ1n) is 13.4. The quantitative estimate of drug-likeness (QED) is 0.360. The van der Waals surface area contributed by atoms with Gasteiger partial charge in [-0.05, 0) is 66.1 Å². The van der Waals surface area contributed by atoms with E-state index in [2.05, 4.69) is 16.0 Å². The highest BCUT2D eigenvalue weighted by Gasteiger charge is 2.49.